The van der Waals surface area contributed by atoms with Crippen LogP contribution >= 0.6 is 0 Å². The minimum Gasteiger partial charge on any atom is -0.396 e. The standard InChI is InChI=1S/C20H37N5O/c1-16(2)24-8-5-19(6-9-24)25-11-10-23(15-20(25)7-12-26)14-18-13-22(4)21-17(18)3/h13,16,19-20,26H,5-12,14-15H2,1-4H3. The summed E-state index contributed by atoms with van der Waals surface area (Å²) in [5.41, 5.74) is 2.46. The molecule has 2 aliphatic heterocycles. The van der Waals surface area contributed by atoms with Gasteiger partial charge in [-0.15, -0.1) is 0 Å². The Morgan fingerprint density at radius 3 is 2.50 bits per heavy atom. The van der Waals surface area contributed by atoms with Crippen LogP contribution in [0.3, 0.4) is 0 Å². The number of nitrogens with zero attached hydrogens (tertiary/aromatic N) is 5. The zero-order chi connectivity index (χ0) is 18.7. The van der Waals surface area contributed by atoms with Gasteiger partial charge in [0.1, 0.15) is 0 Å². The van der Waals surface area contributed by atoms with E-state index in [0.717, 1.165) is 38.3 Å². The molecule has 1 aromatic heterocycles. The zero-order valence-corrected chi connectivity index (χ0v) is 17.1. The molecule has 3 heterocycles. The molecule has 0 bridgehead atoms. The number of piperazine rings is 1. The van der Waals surface area contributed by atoms with Gasteiger partial charge in [-0.1, -0.05) is 0 Å². The average Bonchev–Trinajstić information content (AvgIpc) is 2.93. The van der Waals surface area contributed by atoms with Gasteiger partial charge < -0.3 is 10.0 Å². The minimum absolute atomic E-state index is 0.283. The van der Waals surface area contributed by atoms with Crippen molar-refractivity contribution in [1.29, 1.82) is 0 Å². The number of aliphatic hydroxyl groups is 1. The summed E-state index contributed by atoms with van der Waals surface area (Å²) in [6.07, 6.45) is 5.56. The van der Waals surface area contributed by atoms with Crippen molar-refractivity contribution in [1.82, 2.24) is 24.5 Å². The van der Waals surface area contributed by atoms with Crippen molar-refractivity contribution in [3.63, 3.8) is 0 Å². The summed E-state index contributed by atoms with van der Waals surface area (Å²) < 4.78 is 1.91. The average molecular weight is 364 g/mol. The van der Waals surface area contributed by atoms with E-state index in [1.807, 2.05) is 11.7 Å². The van der Waals surface area contributed by atoms with E-state index in [9.17, 15) is 5.11 Å². The summed E-state index contributed by atoms with van der Waals surface area (Å²) in [5.74, 6) is 0. The Morgan fingerprint density at radius 2 is 1.92 bits per heavy atom. The molecule has 1 atom stereocenters. The van der Waals surface area contributed by atoms with Gasteiger partial charge in [-0.3, -0.25) is 14.5 Å². The second kappa shape index (κ2) is 8.83. The lowest BCUT2D eigenvalue weighted by Crippen LogP contribution is -2.58. The molecule has 148 valence electrons. The smallest absolute Gasteiger partial charge is 0.0638 e. The number of rotatable bonds is 6. The van der Waals surface area contributed by atoms with Crippen molar-refractivity contribution in [2.24, 2.45) is 7.05 Å². The highest BCUT2D eigenvalue weighted by molar-refractivity contribution is 5.15. The summed E-state index contributed by atoms with van der Waals surface area (Å²) in [6, 6.07) is 1.81. The fourth-order valence-corrected chi connectivity index (χ4v) is 4.74. The van der Waals surface area contributed by atoms with Crippen molar-refractivity contribution >= 4 is 0 Å². The Hall–Kier alpha value is -0.950. The van der Waals surface area contributed by atoms with E-state index in [4.69, 9.17) is 0 Å². The first-order valence-electron chi connectivity index (χ1n) is 10.3. The molecule has 26 heavy (non-hydrogen) atoms. The van der Waals surface area contributed by atoms with Crippen LogP contribution in [-0.2, 0) is 13.6 Å². The van der Waals surface area contributed by atoms with E-state index >= 15 is 0 Å². The number of aliphatic hydroxyl groups excluding tert-OH is 1. The third-order valence-electron chi connectivity index (χ3n) is 6.28. The molecule has 0 spiro atoms. The number of piperidine rings is 1. The Kier molecular flexibility index (Phi) is 6.72. The van der Waals surface area contributed by atoms with Crippen molar-refractivity contribution in [3.05, 3.63) is 17.5 Å². The van der Waals surface area contributed by atoms with Gasteiger partial charge in [-0.2, -0.15) is 5.10 Å². The number of aryl methyl sites for hydroxylation is 2. The minimum atomic E-state index is 0.283. The van der Waals surface area contributed by atoms with Crippen LogP contribution in [0.5, 0.6) is 0 Å². The lowest BCUT2D eigenvalue weighted by Gasteiger charge is -2.48. The van der Waals surface area contributed by atoms with Gasteiger partial charge in [-0.05, 0) is 53.1 Å². The Bertz CT molecular complexity index is 565. The Morgan fingerprint density at radius 1 is 1.19 bits per heavy atom. The van der Waals surface area contributed by atoms with Gasteiger partial charge in [0.15, 0.2) is 0 Å². The SMILES string of the molecule is Cc1nn(C)cc1CN1CCN(C2CCN(C(C)C)CC2)C(CCO)C1. The fraction of sp³-hybridized carbons (Fsp3) is 0.850. The molecule has 0 amide bonds. The van der Waals surface area contributed by atoms with Crippen molar-refractivity contribution in [3.8, 4) is 0 Å². The fourth-order valence-electron chi connectivity index (χ4n) is 4.74. The molecule has 1 unspecified atom stereocenters. The summed E-state index contributed by atoms with van der Waals surface area (Å²) in [4.78, 5) is 7.85. The highest BCUT2D eigenvalue weighted by atomic mass is 16.3. The summed E-state index contributed by atoms with van der Waals surface area (Å²) in [7, 11) is 1.99. The second-order valence-electron chi connectivity index (χ2n) is 8.41. The molecule has 0 aliphatic carbocycles. The van der Waals surface area contributed by atoms with E-state index in [0.29, 0.717) is 18.1 Å². The van der Waals surface area contributed by atoms with E-state index in [2.05, 4.69) is 46.8 Å². The van der Waals surface area contributed by atoms with Crippen LogP contribution in [0.1, 0.15) is 44.4 Å². The predicted octanol–water partition coefficient (Wildman–Crippen LogP) is 1.47. The van der Waals surface area contributed by atoms with Gasteiger partial charge in [-0.25, -0.2) is 0 Å². The highest BCUT2D eigenvalue weighted by Crippen LogP contribution is 2.25. The van der Waals surface area contributed by atoms with Crippen LogP contribution in [0.25, 0.3) is 0 Å². The van der Waals surface area contributed by atoms with Crippen LogP contribution in [0.4, 0.5) is 0 Å². The van der Waals surface area contributed by atoms with Crippen molar-refractivity contribution in [2.75, 3.05) is 39.3 Å². The molecule has 2 aliphatic rings. The first-order valence-corrected chi connectivity index (χ1v) is 10.3. The van der Waals surface area contributed by atoms with Gasteiger partial charge in [0.05, 0.1) is 5.69 Å². The lowest BCUT2D eigenvalue weighted by molar-refractivity contribution is -0.0000804. The van der Waals surface area contributed by atoms with Gasteiger partial charge in [0.2, 0.25) is 0 Å². The third-order valence-corrected chi connectivity index (χ3v) is 6.28. The number of hydrogen-bond acceptors (Lipinski definition) is 5. The van der Waals surface area contributed by atoms with E-state index in [1.54, 1.807) is 0 Å². The lowest BCUT2D eigenvalue weighted by atomic mass is 9.97. The normalized spacial score (nSPS) is 24.6. The largest absolute Gasteiger partial charge is 0.396 e. The third kappa shape index (κ3) is 4.66. The van der Waals surface area contributed by atoms with Gasteiger partial charge in [0.25, 0.3) is 0 Å². The van der Waals surface area contributed by atoms with Crippen LogP contribution in [0.2, 0.25) is 0 Å². The molecule has 3 rings (SSSR count). The first-order chi connectivity index (χ1) is 12.5. The molecule has 6 nitrogen and oxygen atoms in total. The van der Waals surface area contributed by atoms with Crippen molar-refractivity contribution in [2.45, 2.75) is 64.7 Å². The summed E-state index contributed by atoms with van der Waals surface area (Å²) >= 11 is 0. The topological polar surface area (TPSA) is 47.8 Å². The van der Waals surface area contributed by atoms with Gasteiger partial charge >= 0.3 is 0 Å². The first kappa shape index (κ1) is 19.8. The van der Waals surface area contributed by atoms with E-state index < -0.39 is 0 Å². The maximum atomic E-state index is 9.61. The molecule has 2 fully saturated rings. The quantitative estimate of drug-likeness (QED) is 0.829. The molecule has 1 N–H and O–H groups in total. The summed E-state index contributed by atoms with van der Waals surface area (Å²) in [6.45, 7) is 13.7. The monoisotopic (exact) mass is 363 g/mol. The second-order valence-corrected chi connectivity index (χ2v) is 8.41. The zero-order valence-electron chi connectivity index (χ0n) is 17.1. The van der Waals surface area contributed by atoms with Crippen LogP contribution in [-0.4, -0.2) is 87.0 Å². The molecular formula is C20H37N5O. The maximum Gasteiger partial charge on any atom is 0.0638 e. The number of likely N-dealkylation sites (tertiary alicyclic amines) is 1. The number of aromatic nitrogens is 2. The van der Waals surface area contributed by atoms with Crippen molar-refractivity contribution < 1.29 is 5.11 Å². The molecule has 1 aromatic rings. The van der Waals surface area contributed by atoms with Crippen LogP contribution < -0.4 is 0 Å². The van der Waals surface area contributed by atoms with E-state index in [-0.39, 0.29) is 6.61 Å². The molecule has 0 saturated carbocycles. The molecule has 0 radical (unpaired) electrons. The summed E-state index contributed by atoms with van der Waals surface area (Å²) in [5, 5.41) is 14.1. The molecule has 0 aromatic carbocycles. The number of hydrogen-bond donors (Lipinski definition) is 1. The van der Waals surface area contributed by atoms with Crippen LogP contribution in [0.15, 0.2) is 6.20 Å². The maximum absolute atomic E-state index is 9.61. The molecular weight excluding hydrogens is 326 g/mol. The predicted molar refractivity (Wildman–Crippen MR) is 105 cm³/mol. The Balaban J connectivity index is 1.58. The highest BCUT2D eigenvalue weighted by Gasteiger charge is 2.34. The van der Waals surface area contributed by atoms with E-state index in [1.165, 1.54) is 31.5 Å². The van der Waals surface area contributed by atoms with Crippen LogP contribution in [0, 0.1) is 6.92 Å². The molecule has 6 heteroatoms. The van der Waals surface area contributed by atoms with Gasteiger partial charge in [0, 0.05) is 69.7 Å². The Labute approximate surface area is 158 Å². The molecule has 2 saturated heterocycles.